The Kier molecular flexibility index (Phi) is 5.47. The molecule has 6 nitrogen and oxygen atoms in total. The third-order valence-electron chi connectivity index (χ3n) is 3.24. The number of rotatable bonds is 5. The smallest absolute Gasteiger partial charge is 0.234 e. The number of nitrogen functional groups attached to an aromatic ring is 1. The number of halogens is 1. The summed E-state index contributed by atoms with van der Waals surface area (Å²) in [4.78, 5) is 12.1. The van der Waals surface area contributed by atoms with E-state index in [1.54, 1.807) is 0 Å². The van der Waals surface area contributed by atoms with Crippen LogP contribution in [0.2, 0.25) is 0 Å². The predicted molar refractivity (Wildman–Crippen MR) is 92.5 cm³/mol. The molecule has 22 heavy (non-hydrogen) atoms. The lowest BCUT2D eigenvalue weighted by Gasteiger charge is -2.10. The molecule has 8 heteroatoms. The van der Waals surface area contributed by atoms with Crippen molar-refractivity contribution in [2.75, 3.05) is 16.9 Å². The molecule has 3 N–H and O–H groups in total. The summed E-state index contributed by atoms with van der Waals surface area (Å²) in [6, 6.07) is 3.94. The second-order valence-electron chi connectivity index (χ2n) is 4.88. The van der Waals surface area contributed by atoms with Gasteiger partial charge in [0.05, 0.1) is 11.4 Å². The summed E-state index contributed by atoms with van der Waals surface area (Å²) in [7, 11) is 0. The predicted octanol–water partition coefficient (Wildman–Crippen LogP) is 2.66. The molecular formula is C14H18BrN5OS. The van der Waals surface area contributed by atoms with E-state index >= 15 is 0 Å². The first kappa shape index (κ1) is 16.8. The molecule has 0 saturated heterocycles. The van der Waals surface area contributed by atoms with Crippen molar-refractivity contribution in [3.63, 3.8) is 0 Å². The molecular weight excluding hydrogens is 366 g/mol. The molecule has 0 aliphatic heterocycles. The van der Waals surface area contributed by atoms with Crippen molar-refractivity contribution in [2.45, 2.75) is 32.3 Å². The zero-order valence-corrected chi connectivity index (χ0v) is 15.1. The van der Waals surface area contributed by atoms with Gasteiger partial charge in [0.25, 0.3) is 0 Å². The summed E-state index contributed by atoms with van der Waals surface area (Å²) < 4.78 is 2.29. The van der Waals surface area contributed by atoms with Crippen LogP contribution < -0.4 is 11.2 Å². The molecule has 0 unspecified atom stereocenters. The van der Waals surface area contributed by atoms with Crippen molar-refractivity contribution < 1.29 is 4.79 Å². The highest BCUT2D eigenvalue weighted by Crippen LogP contribution is 2.26. The maximum atomic E-state index is 12.1. The second-order valence-corrected chi connectivity index (χ2v) is 6.67. The number of hydrogen-bond donors (Lipinski definition) is 2. The molecule has 2 rings (SSSR count). The van der Waals surface area contributed by atoms with Gasteiger partial charge in [-0.2, -0.15) is 0 Å². The molecule has 118 valence electrons. The Balaban J connectivity index is 1.99. The fourth-order valence-electron chi connectivity index (χ4n) is 1.84. The van der Waals surface area contributed by atoms with E-state index < -0.39 is 0 Å². The number of aromatic nitrogens is 3. The molecule has 0 spiro atoms. The average Bonchev–Trinajstić information content (AvgIpc) is 2.83. The quantitative estimate of drug-likeness (QED) is 0.612. The van der Waals surface area contributed by atoms with E-state index in [-0.39, 0.29) is 11.7 Å². The number of carbonyl (C=O) groups excluding carboxylic acids is 1. The average molecular weight is 384 g/mol. The number of amides is 1. The Labute approximate surface area is 142 Å². The Hall–Kier alpha value is -1.54. The lowest BCUT2D eigenvalue weighted by molar-refractivity contribution is -0.113. The molecule has 0 saturated carbocycles. The fraction of sp³-hybridized carbons (Fsp3) is 0.357. The lowest BCUT2D eigenvalue weighted by atomic mass is 10.1. The number of benzene rings is 1. The van der Waals surface area contributed by atoms with Gasteiger partial charge in [0.2, 0.25) is 11.1 Å². The summed E-state index contributed by atoms with van der Waals surface area (Å²) in [5.74, 6) is 6.64. The van der Waals surface area contributed by atoms with Crippen LogP contribution in [0.4, 0.5) is 5.69 Å². The fourth-order valence-corrected chi connectivity index (χ4v) is 3.07. The summed E-state index contributed by atoms with van der Waals surface area (Å²) in [6.07, 6.45) is 0.700. The van der Waals surface area contributed by atoms with Gasteiger partial charge in [0.1, 0.15) is 0 Å². The number of carbonyl (C=O) groups is 1. The zero-order valence-electron chi connectivity index (χ0n) is 12.7. The normalized spacial score (nSPS) is 10.7. The molecule has 0 atom stereocenters. The minimum Gasteiger partial charge on any atom is -0.336 e. The van der Waals surface area contributed by atoms with E-state index in [0.717, 1.165) is 15.7 Å². The maximum Gasteiger partial charge on any atom is 0.234 e. The number of thioether (sulfide) groups is 1. The molecule has 0 bridgehead atoms. The monoisotopic (exact) mass is 383 g/mol. The van der Waals surface area contributed by atoms with Crippen LogP contribution in [-0.2, 0) is 11.2 Å². The van der Waals surface area contributed by atoms with Crippen LogP contribution in [0.25, 0.3) is 0 Å². The van der Waals surface area contributed by atoms with Crippen molar-refractivity contribution in [3.05, 3.63) is 33.6 Å². The van der Waals surface area contributed by atoms with E-state index in [2.05, 4.69) is 31.4 Å². The van der Waals surface area contributed by atoms with Gasteiger partial charge in [-0.05, 0) is 53.0 Å². The molecule has 1 heterocycles. The molecule has 1 aromatic heterocycles. The van der Waals surface area contributed by atoms with Gasteiger partial charge in [-0.15, -0.1) is 10.2 Å². The van der Waals surface area contributed by atoms with Gasteiger partial charge in [-0.3, -0.25) is 4.79 Å². The highest BCUT2D eigenvalue weighted by Gasteiger charge is 2.12. The first-order valence-corrected chi connectivity index (χ1v) is 8.59. The van der Waals surface area contributed by atoms with Gasteiger partial charge >= 0.3 is 0 Å². The van der Waals surface area contributed by atoms with Gasteiger partial charge in [-0.1, -0.05) is 18.7 Å². The topological polar surface area (TPSA) is 85.8 Å². The number of nitrogens with one attached hydrogen (secondary N) is 1. The van der Waals surface area contributed by atoms with Crippen LogP contribution in [0.1, 0.15) is 23.9 Å². The summed E-state index contributed by atoms with van der Waals surface area (Å²) in [5, 5.41) is 11.3. The van der Waals surface area contributed by atoms with Crippen LogP contribution in [0, 0.1) is 13.8 Å². The molecule has 2 aromatic rings. The Morgan fingerprint density at radius 1 is 1.36 bits per heavy atom. The van der Waals surface area contributed by atoms with Gasteiger partial charge in [0.15, 0.2) is 5.82 Å². The number of nitrogens with zero attached hydrogens (tertiary/aromatic N) is 3. The van der Waals surface area contributed by atoms with E-state index in [1.807, 2.05) is 32.9 Å². The van der Waals surface area contributed by atoms with Crippen molar-refractivity contribution >= 4 is 39.3 Å². The van der Waals surface area contributed by atoms with Crippen LogP contribution >= 0.6 is 27.7 Å². The molecule has 1 amide bonds. The standard InChI is InChI=1S/C14H18BrN5OS/c1-4-12-18-19-14(20(12)16)22-7-13(21)17-11-6-9(3)8(2)5-10(11)15/h5-6H,4,7,16H2,1-3H3,(H,17,21). The zero-order chi connectivity index (χ0) is 16.3. The molecule has 0 aliphatic carbocycles. The highest BCUT2D eigenvalue weighted by molar-refractivity contribution is 9.10. The summed E-state index contributed by atoms with van der Waals surface area (Å²) in [5.41, 5.74) is 3.06. The maximum absolute atomic E-state index is 12.1. The number of hydrogen-bond acceptors (Lipinski definition) is 5. The lowest BCUT2D eigenvalue weighted by Crippen LogP contribution is -2.17. The molecule has 0 fully saturated rings. The Morgan fingerprint density at radius 3 is 2.68 bits per heavy atom. The first-order valence-electron chi connectivity index (χ1n) is 6.81. The van der Waals surface area contributed by atoms with E-state index in [9.17, 15) is 4.79 Å². The number of aryl methyl sites for hydroxylation is 3. The molecule has 0 aliphatic rings. The van der Waals surface area contributed by atoms with Crippen molar-refractivity contribution in [1.29, 1.82) is 0 Å². The Morgan fingerprint density at radius 2 is 2.05 bits per heavy atom. The summed E-state index contributed by atoms with van der Waals surface area (Å²) >= 11 is 4.72. The van der Waals surface area contributed by atoms with Gasteiger partial charge < -0.3 is 11.2 Å². The van der Waals surface area contributed by atoms with E-state index in [1.165, 1.54) is 22.0 Å². The molecule has 1 aromatic carbocycles. The highest BCUT2D eigenvalue weighted by atomic mass is 79.9. The van der Waals surface area contributed by atoms with Gasteiger partial charge in [0, 0.05) is 10.9 Å². The SMILES string of the molecule is CCc1nnc(SCC(=O)Nc2cc(C)c(C)cc2Br)n1N. The minimum absolute atomic E-state index is 0.116. The first-order chi connectivity index (χ1) is 10.4. The number of nitrogens with two attached hydrogens (primary N) is 1. The van der Waals surface area contributed by atoms with Crippen LogP contribution in [-0.4, -0.2) is 26.5 Å². The van der Waals surface area contributed by atoms with Gasteiger partial charge in [-0.25, -0.2) is 4.68 Å². The van der Waals surface area contributed by atoms with E-state index in [0.29, 0.717) is 17.4 Å². The Bertz CT molecular complexity index is 701. The van der Waals surface area contributed by atoms with Crippen molar-refractivity contribution in [1.82, 2.24) is 14.9 Å². The van der Waals surface area contributed by atoms with E-state index in [4.69, 9.17) is 5.84 Å². The minimum atomic E-state index is -0.116. The third-order valence-corrected chi connectivity index (χ3v) is 4.84. The molecule has 0 radical (unpaired) electrons. The van der Waals surface area contributed by atoms with Crippen LogP contribution in [0.15, 0.2) is 21.8 Å². The van der Waals surface area contributed by atoms with Crippen molar-refractivity contribution in [2.24, 2.45) is 0 Å². The second kappa shape index (κ2) is 7.15. The largest absolute Gasteiger partial charge is 0.336 e. The third kappa shape index (κ3) is 3.80. The number of anilines is 1. The van der Waals surface area contributed by atoms with Crippen LogP contribution in [0.3, 0.4) is 0 Å². The van der Waals surface area contributed by atoms with Crippen molar-refractivity contribution in [3.8, 4) is 0 Å². The summed E-state index contributed by atoms with van der Waals surface area (Å²) in [6.45, 7) is 5.99. The van der Waals surface area contributed by atoms with Crippen LogP contribution in [0.5, 0.6) is 0 Å².